The summed E-state index contributed by atoms with van der Waals surface area (Å²) in [4.78, 5) is 4.68. The predicted molar refractivity (Wildman–Crippen MR) is 89.6 cm³/mol. The molecule has 2 aromatic carbocycles. The molecule has 3 nitrogen and oxygen atoms in total. The van der Waals surface area contributed by atoms with Crippen molar-refractivity contribution in [3.63, 3.8) is 0 Å². The first-order valence-corrected chi connectivity index (χ1v) is 7.80. The maximum absolute atomic E-state index is 6.33. The standard InChI is InChI=1S/C16H14BrClN2O/c1-10(18)16-19-15-13(7-4-8-14(15)21-2)20(16)12-6-3-5-11(17)9-12/h3-10H,1-2H3. The highest BCUT2D eigenvalue weighted by Gasteiger charge is 2.18. The maximum Gasteiger partial charge on any atom is 0.146 e. The van der Waals surface area contributed by atoms with Gasteiger partial charge in [-0.25, -0.2) is 4.98 Å². The summed E-state index contributed by atoms with van der Waals surface area (Å²) in [5, 5.41) is -0.207. The molecule has 0 saturated heterocycles. The van der Waals surface area contributed by atoms with E-state index in [1.54, 1.807) is 7.11 Å². The predicted octanol–water partition coefficient (Wildman–Crippen LogP) is 5.10. The lowest BCUT2D eigenvalue weighted by Crippen LogP contribution is -2.01. The molecule has 5 heteroatoms. The van der Waals surface area contributed by atoms with E-state index < -0.39 is 0 Å². The molecular weight excluding hydrogens is 352 g/mol. The molecule has 3 rings (SSSR count). The summed E-state index contributed by atoms with van der Waals surface area (Å²) in [5.41, 5.74) is 2.82. The minimum Gasteiger partial charge on any atom is -0.494 e. The highest BCUT2D eigenvalue weighted by molar-refractivity contribution is 9.10. The van der Waals surface area contributed by atoms with Crippen LogP contribution in [0.5, 0.6) is 5.75 Å². The van der Waals surface area contributed by atoms with Crippen molar-refractivity contribution in [1.29, 1.82) is 0 Å². The Morgan fingerprint density at radius 3 is 2.67 bits per heavy atom. The van der Waals surface area contributed by atoms with E-state index in [2.05, 4.69) is 25.5 Å². The minimum atomic E-state index is -0.207. The lowest BCUT2D eigenvalue weighted by molar-refractivity contribution is 0.419. The van der Waals surface area contributed by atoms with Gasteiger partial charge in [-0.05, 0) is 37.3 Å². The topological polar surface area (TPSA) is 27.1 Å². The van der Waals surface area contributed by atoms with Crippen molar-refractivity contribution in [1.82, 2.24) is 9.55 Å². The third-order valence-corrected chi connectivity index (χ3v) is 4.00. The second-order valence-electron chi connectivity index (χ2n) is 4.73. The van der Waals surface area contributed by atoms with Crippen molar-refractivity contribution in [3.8, 4) is 11.4 Å². The molecule has 1 heterocycles. The van der Waals surface area contributed by atoms with E-state index in [4.69, 9.17) is 16.3 Å². The van der Waals surface area contributed by atoms with E-state index in [1.807, 2.05) is 49.4 Å². The molecule has 0 spiro atoms. The Labute approximate surface area is 136 Å². The van der Waals surface area contributed by atoms with Gasteiger partial charge in [0.05, 0.1) is 18.0 Å². The zero-order valence-corrected chi connectivity index (χ0v) is 14.0. The Kier molecular flexibility index (Phi) is 3.91. The summed E-state index contributed by atoms with van der Waals surface area (Å²) in [6, 6.07) is 14.0. The molecule has 1 aromatic heterocycles. The maximum atomic E-state index is 6.33. The first-order chi connectivity index (χ1) is 10.1. The zero-order valence-electron chi connectivity index (χ0n) is 11.7. The van der Waals surface area contributed by atoms with Crippen molar-refractivity contribution in [2.45, 2.75) is 12.3 Å². The van der Waals surface area contributed by atoms with E-state index in [9.17, 15) is 0 Å². The van der Waals surface area contributed by atoms with Crippen LogP contribution in [0, 0.1) is 0 Å². The van der Waals surface area contributed by atoms with Gasteiger partial charge in [0, 0.05) is 10.2 Å². The van der Waals surface area contributed by atoms with Crippen molar-refractivity contribution in [3.05, 3.63) is 52.8 Å². The molecule has 0 fully saturated rings. The van der Waals surface area contributed by atoms with Crippen LogP contribution < -0.4 is 4.74 Å². The van der Waals surface area contributed by atoms with Crippen LogP contribution in [0.15, 0.2) is 46.9 Å². The fraction of sp³-hybridized carbons (Fsp3) is 0.188. The van der Waals surface area contributed by atoms with Crippen LogP contribution in [0.1, 0.15) is 18.1 Å². The average Bonchev–Trinajstić information content (AvgIpc) is 2.86. The number of hydrogen-bond acceptors (Lipinski definition) is 2. The number of ether oxygens (including phenoxy) is 1. The lowest BCUT2D eigenvalue weighted by atomic mass is 10.2. The highest BCUT2D eigenvalue weighted by Crippen LogP contribution is 2.33. The van der Waals surface area contributed by atoms with Gasteiger partial charge in [-0.3, -0.25) is 4.57 Å². The molecule has 21 heavy (non-hydrogen) atoms. The molecule has 0 aliphatic rings. The molecule has 1 atom stereocenters. The fourth-order valence-corrected chi connectivity index (χ4v) is 2.94. The van der Waals surface area contributed by atoms with Gasteiger partial charge in [0.25, 0.3) is 0 Å². The van der Waals surface area contributed by atoms with E-state index >= 15 is 0 Å². The van der Waals surface area contributed by atoms with Crippen molar-refractivity contribution in [2.24, 2.45) is 0 Å². The Hall–Kier alpha value is -1.52. The molecule has 0 radical (unpaired) electrons. The number of alkyl halides is 1. The molecule has 0 aliphatic carbocycles. The molecule has 0 bridgehead atoms. The van der Waals surface area contributed by atoms with Gasteiger partial charge < -0.3 is 4.74 Å². The van der Waals surface area contributed by atoms with E-state index in [0.29, 0.717) is 0 Å². The Bertz CT molecular complexity index is 798. The van der Waals surface area contributed by atoms with Crippen molar-refractivity contribution >= 4 is 38.6 Å². The number of fused-ring (bicyclic) bond motifs is 1. The number of rotatable bonds is 3. The Balaban J connectivity index is 2.36. The molecule has 3 aromatic rings. The third-order valence-electron chi connectivity index (χ3n) is 3.32. The largest absolute Gasteiger partial charge is 0.494 e. The molecule has 0 saturated carbocycles. The number of halogens is 2. The average molecular weight is 366 g/mol. The molecule has 0 N–H and O–H groups in total. The number of benzene rings is 2. The molecule has 108 valence electrons. The Morgan fingerprint density at radius 1 is 1.24 bits per heavy atom. The first kappa shape index (κ1) is 14.4. The number of imidazole rings is 1. The van der Waals surface area contributed by atoms with E-state index in [0.717, 1.165) is 32.8 Å². The second kappa shape index (κ2) is 5.70. The minimum absolute atomic E-state index is 0.207. The first-order valence-electron chi connectivity index (χ1n) is 6.57. The number of para-hydroxylation sites is 1. The summed E-state index contributed by atoms with van der Waals surface area (Å²) in [6.07, 6.45) is 0. The summed E-state index contributed by atoms with van der Waals surface area (Å²) >= 11 is 9.84. The van der Waals surface area contributed by atoms with Gasteiger partial charge in [-0.15, -0.1) is 11.6 Å². The monoisotopic (exact) mass is 364 g/mol. The Morgan fingerprint density at radius 2 is 2.00 bits per heavy atom. The molecular formula is C16H14BrClN2O. The van der Waals surface area contributed by atoms with Crippen LogP contribution in [-0.2, 0) is 0 Å². The van der Waals surface area contributed by atoms with Crippen LogP contribution in [0.3, 0.4) is 0 Å². The highest BCUT2D eigenvalue weighted by atomic mass is 79.9. The summed E-state index contributed by atoms with van der Waals surface area (Å²) in [5.74, 6) is 1.55. The van der Waals surface area contributed by atoms with Crippen LogP contribution in [-0.4, -0.2) is 16.7 Å². The van der Waals surface area contributed by atoms with Crippen LogP contribution >= 0.6 is 27.5 Å². The van der Waals surface area contributed by atoms with Crippen LogP contribution in [0.2, 0.25) is 0 Å². The van der Waals surface area contributed by atoms with Crippen LogP contribution in [0.25, 0.3) is 16.7 Å². The summed E-state index contributed by atoms with van der Waals surface area (Å²) in [7, 11) is 1.65. The van der Waals surface area contributed by atoms with Gasteiger partial charge in [-0.1, -0.05) is 28.1 Å². The normalized spacial score (nSPS) is 12.6. The molecule has 0 amide bonds. The third kappa shape index (κ3) is 2.54. The number of nitrogens with zero attached hydrogens (tertiary/aromatic N) is 2. The molecule has 1 unspecified atom stereocenters. The van der Waals surface area contributed by atoms with Crippen molar-refractivity contribution < 1.29 is 4.74 Å². The van der Waals surface area contributed by atoms with Crippen molar-refractivity contribution in [2.75, 3.05) is 7.11 Å². The van der Waals surface area contributed by atoms with Gasteiger partial charge in [-0.2, -0.15) is 0 Å². The summed E-state index contributed by atoms with van der Waals surface area (Å²) < 4.78 is 8.49. The van der Waals surface area contributed by atoms with Crippen LogP contribution in [0.4, 0.5) is 0 Å². The van der Waals surface area contributed by atoms with Gasteiger partial charge in [0.1, 0.15) is 17.1 Å². The summed E-state index contributed by atoms with van der Waals surface area (Å²) in [6.45, 7) is 1.92. The SMILES string of the molecule is COc1cccc2c1nc(C(C)Cl)n2-c1cccc(Br)c1. The number of aromatic nitrogens is 2. The van der Waals surface area contributed by atoms with Gasteiger partial charge in [0.15, 0.2) is 0 Å². The second-order valence-corrected chi connectivity index (χ2v) is 6.30. The quantitative estimate of drug-likeness (QED) is 0.604. The fourth-order valence-electron chi connectivity index (χ4n) is 2.41. The zero-order chi connectivity index (χ0) is 15.0. The molecule has 0 aliphatic heterocycles. The van der Waals surface area contributed by atoms with Gasteiger partial charge in [0.2, 0.25) is 0 Å². The lowest BCUT2D eigenvalue weighted by Gasteiger charge is -2.11. The smallest absolute Gasteiger partial charge is 0.146 e. The number of hydrogen-bond donors (Lipinski definition) is 0. The van der Waals surface area contributed by atoms with Gasteiger partial charge >= 0.3 is 0 Å². The van der Waals surface area contributed by atoms with E-state index in [-0.39, 0.29) is 5.38 Å². The van der Waals surface area contributed by atoms with E-state index in [1.165, 1.54) is 0 Å². The number of methoxy groups -OCH3 is 1.